The summed E-state index contributed by atoms with van der Waals surface area (Å²) in [6, 6.07) is 0. The molecule has 1 aliphatic heterocycles. The van der Waals surface area contributed by atoms with Crippen LogP contribution in [-0.2, 0) is 10.0 Å². The van der Waals surface area contributed by atoms with E-state index in [2.05, 4.69) is 10.0 Å². The van der Waals surface area contributed by atoms with E-state index in [-0.39, 0.29) is 5.25 Å². The van der Waals surface area contributed by atoms with Crippen LogP contribution in [0.2, 0.25) is 0 Å². The molecule has 1 spiro atoms. The predicted molar refractivity (Wildman–Crippen MR) is 46.3 cm³/mol. The Balaban J connectivity index is 1.96. The predicted octanol–water partition coefficient (Wildman–Crippen LogP) is -0.712. The summed E-state index contributed by atoms with van der Waals surface area (Å²) in [5.41, 5.74) is 0.342. The normalized spacial score (nSPS) is 28.1. The van der Waals surface area contributed by atoms with E-state index in [0.717, 1.165) is 25.9 Å². The molecular formula is C7H14N2O2S. The van der Waals surface area contributed by atoms with Gasteiger partial charge in [0.2, 0.25) is 10.0 Å². The molecule has 0 amide bonds. The van der Waals surface area contributed by atoms with E-state index in [4.69, 9.17) is 0 Å². The van der Waals surface area contributed by atoms with Crippen LogP contribution in [0.1, 0.15) is 12.8 Å². The summed E-state index contributed by atoms with van der Waals surface area (Å²) in [5, 5.41) is 3.04. The molecule has 0 aromatic carbocycles. The summed E-state index contributed by atoms with van der Waals surface area (Å²) < 4.78 is 24.9. The van der Waals surface area contributed by atoms with Crippen LogP contribution < -0.4 is 10.0 Å². The highest BCUT2D eigenvalue weighted by molar-refractivity contribution is 7.90. The van der Waals surface area contributed by atoms with Crippen LogP contribution in [-0.4, -0.2) is 33.8 Å². The molecule has 0 unspecified atom stereocenters. The molecule has 2 N–H and O–H groups in total. The van der Waals surface area contributed by atoms with Crippen molar-refractivity contribution in [2.24, 2.45) is 5.41 Å². The second-order valence-electron chi connectivity index (χ2n) is 3.88. The van der Waals surface area contributed by atoms with E-state index in [1.165, 1.54) is 7.05 Å². The van der Waals surface area contributed by atoms with Crippen molar-refractivity contribution in [1.29, 1.82) is 0 Å². The summed E-state index contributed by atoms with van der Waals surface area (Å²) >= 11 is 0. The fourth-order valence-corrected chi connectivity index (χ4v) is 3.54. The Kier molecular flexibility index (Phi) is 1.72. The Morgan fingerprint density at radius 2 is 2.00 bits per heavy atom. The van der Waals surface area contributed by atoms with Crippen molar-refractivity contribution in [3.8, 4) is 0 Å². The average Bonchev–Trinajstić information content (AvgIpc) is 1.80. The summed E-state index contributed by atoms with van der Waals surface area (Å²) in [6.07, 6.45) is 1.67. The zero-order chi connectivity index (χ0) is 8.82. The molecule has 0 atom stereocenters. The second kappa shape index (κ2) is 2.43. The molecule has 4 nitrogen and oxygen atoms in total. The molecule has 1 saturated carbocycles. The van der Waals surface area contributed by atoms with Crippen LogP contribution in [0.25, 0.3) is 0 Å². The Labute approximate surface area is 72.8 Å². The minimum Gasteiger partial charge on any atom is -0.316 e. The van der Waals surface area contributed by atoms with Crippen LogP contribution in [0, 0.1) is 5.41 Å². The van der Waals surface area contributed by atoms with Crippen molar-refractivity contribution in [1.82, 2.24) is 10.0 Å². The standard InChI is InChI=1S/C7H14N2O2S/c1-8-12(10,11)6-2-7(3-6)4-9-5-7/h6,8-9H,2-5H2,1H3. The fraction of sp³-hybridized carbons (Fsp3) is 1.00. The van der Waals surface area contributed by atoms with Crippen molar-refractivity contribution in [3.05, 3.63) is 0 Å². The monoisotopic (exact) mass is 190 g/mol. The molecular weight excluding hydrogens is 176 g/mol. The van der Waals surface area contributed by atoms with Gasteiger partial charge in [-0.15, -0.1) is 0 Å². The lowest BCUT2D eigenvalue weighted by atomic mass is 9.64. The molecule has 0 aromatic heterocycles. The molecule has 0 bridgehead atoms. The SMILES string of the molecule is CNS(=O)(=O)C1CC2(CNC2)C1. The van der Waals surface area contributed by atoms with Gasteiger partial charge in [-0.25, -0.2) is 13.1 Å². The van der Waals surface area contributed by atoms with Gasteiger partial charge in [-0.3, -0.25) is 0 Å². The molecule has 5 heteroatoms. The molecule has 2 rings (SSSR count). The maximum absolute atomic E-state index is 11.3. The van der Waals surface area contributed by atoms with Gasteiger partial charge in [-0.05, 0) is 25.3 Å². The molecule has 1 heterocycles. The maximum Gasteiger partial charge on any atom is 0.214 e. The summed E-state index contributed by atoms with van der Waals surface area (Å²) in [5.74, 6) is 0. The van der Waals surface area contributed by atoms with Gasteiger partial charge in [0, 0.05) is 13.1 Å². The van der Waals surface area contributed by atoms with E-state index in [0.29, 0.717) is 5.41 Å². The number of nitrogens with one attached hydrogen (secondary N) is 2. The van der Waals surface area contributed by atoms with Gasteiger partial charge in [-0.2, -0.15) is 0 Å². The molecule has 2 aliphatic rings. The lowest BCUT2D eigenvalue weighted by Gasteiger charge is -2.53. The largest absolute Gasteiger partial charge is 0.316 e. The van der Waals surface area contributed by atoms with Crippen LogP contribution in [0.5, 0.6) is 0 Å². The molecule has 1 saturated heterocycles. The number of hydrogen-bond donors (Lipinski definition) is 2. The lowest BCUT2D eigenvalue weighted by Crippen LogP contribution is -2.64. The third-order valence-electron chi connectivity index (χ3n) is 3.04. The third-order valence-corrected chi connectivity index (χ3v) is 4.82. The van der Waals surface area contributed by atoms with Crippen LogP contribution >= 0.6 is 0 Å². The van der Waals surface area contributed by atoms with Gasteiger partial charge in [-0.1, -0.05) is 0 Å². The molecule has 0 aromatic rings. The minimum absolute atomic E-state index is 0.135. The highest BCUT2D eigenvalue weighted by atomic mass is 32.2. The zero-order valence-corrected chi connectivity index (χ0v) is 7.95. The lowest BCUT2D eigenvalue weighted by molar-refractivity contribution is 0.0637. The fourth-order valence-electron chi connectivity index (χ4n) is 2.06. The van der Waals surface area contributed by atoms with Crippen LogP contribution in [0.3, 0.4) is 0 Å². The smallest absolute Gasteiger partial charge is 0.214 e. The second-order valence-corrected chi connectivity index (χ2v) is 6.05. The summed E-state index contributed by atoms with van der Waals surface area (Å²) in [4.78, 5) is 0. The first-order valence-corrected chi connectivity index (χ1v) is 5.76. The number of sulfonamides is 1. The van der Waals surface area contributed by atoms with Crippen molar-refractivity contribution in [2.45, 2.75) is 18.1 Å². The van der Waals surface area contributed by atoms with Gasteiger partial charge in [0.05, 0.1) is 5.25 Å². The van der Waals surface area contributed by atoms with Crippen molar-refractivity contribution in [2.75, 3.05) is 20.1 Å². The quantitative estimate of drug-likeness (QED) is 0.604. The first kappa shape index (κ1) is 8.47. The van der Waals surface area contributed by atoms with Crippen molar-refractivity contribution >= 4 is 10.0 Å². The highest BCUT2D eigenvalue weighted by Crippen LogP contribution is 2.46. The first-order chi connectivity index (χ1) is 5.58. The molecule has 12 heavy (non-hydrogen) atoms. The van der Waals surface area contributed by atoms with Gasteiger partial charge < -0.3 is 5.32 Å². The maximum atomic E-state index is 11.3. The van der Waals surface area contributed by atoms with E-state index >= 15 is 0 Å². The van der Waals surface area contributed by atoms with Crippen molar-refractivity contribution < 1.29 is 8.42 Å². The minimum atomic E-state index is -2.99. The van der Waals surface area contributed by atoms with Crippen LogP contribution in [0.4, 0.5) is 0 Å². The Morgan fingerprint density at radius 1 is 1.42 bits per heavy atom. The highest BCUT2D eigenvalue weighted by Gasteiger charge is 2.52. The Hall–Kier alpha value is -0.130. The van der Waals surface area contributed by atoms with Gasteiger partial charge >= 0.3 is 0 Å². The van der Waals surface area contributed by atoms with E-state index in [1.54, 1.807) is 0 Å². The van der Waals surface area contributed by atoms with Crippen molar-refractivity contribution in [3.63, 3.8) is 0 Å². The molecule has 0 radical (unpaired) electrons. The molecule has 1 aliphatic carbocycles. The van der Waals surface area contributed by atoms with E-state index < -0.39 is 10.0 Å². The molecule has 2 fully saturated rings. The zero-order valence-electron chi connectivity index (χ0n) is 7.13. The van der Waals surface area contributed by atoms with Gasteiger partial charge in [0.25, 0.3) is 0 Å². The summed E-state index contributed by atoms with van der Waals surface area (Å²) in [7, 11) is -1.50. The van der Waals surface area contributed by atoms with Crippen LogP contribution in [0.15, 0.2) is 0 Å². The Bertz CT molecular complexity index is 274. The third kappa shape index (κ3) is 1.08. The Morgan fingerprint density at radius 3 is 2.33 bits per heavy atom. The summed E-state index contributed by atoms with van der Waals surface area (Å²) in [6.45, 7) is 2.01. The molecule has 70 valence electrons. The average molecular weight is 190 g/mol. The van der Waals surface area contributed by atoms with Gasteiger partial charge in [0.1, 0.15) is 0 Å². The van der Waals surface area contributed by atoms with E-state index in [1.807, 2.05) is 0 Å². The van der Waals surface area contributed by atoms with E-state index in [9.17, 15) is 8.42 Å². The topological polar surface area (TPSA) is 58.2 Å². The first-order valence-electron chi connectivity index (χ1n) is 4.21. The van der Waals surface area contributed by atoms with Gasteiger partial charge in [0.15, 0.2) is 0 Å². The number of rotatable bonds is 2. The number of hydrogen-bond acceptors (Lipinski definition) is 3.